The van der Waals surface area contributed by atoms with E-state index in [9.17, 15) is 4.39 Å². The lowest BCUT2D eigenvalue weighted by Crippen LogP contribution is -2.39. The Morgan fingerprint density at radius 2 is 1.90 bits per heavy atom. The molecule has 0 spiro atoms. The highest BCUT2D eigenvalue weighted by atomic mass is 19.1. The van der Waals surface area contributed by atoms with Crippen LogP contribution in [0.3, 0.4) is 0 Å². The molecule has 0 bridgehead atoms. The van der Waals surface area contributed by atoms with Crippen LogP contribution < -0.4 is 10.1 Å². The molecular formula is C17H29FN2O. The maximum Gasteiger partial charge on any atom is 0.131 e. The summed E-state index contributed by atoms with van der Waals surface area (Å²) in [5.74, 6) is 0.973. The fourth-order valence-electron chi connectivity index (χ4n) is 2.43. The predicted octanol–water partition coefficient (Wildman–Crippen LogP) is 3.46. The van der Waals surface area contributed by atoms with Crippen LogP contribution in [0.15, 0.2) is 18.2 Å². The van der Waals surface area contributed by atoms with Gasteiger partial charge in [0, 0.05) is 30.3 Å². The molecule has 0 heterocycles. The van der Waals surface area contributed by atoms with Crippen LogP contribution in [0.2, 0.25) is 0 Å². The Morgan fingerprint density at radius 3 is 2.38 bits per heavy atom. The van der Waals surface area contributed by atoms with Crippen LogP contribution in [0.1, 0.15) is 38.8 Å². The third kappa shape index (κ3) is 5.64. The van der Waals surface area contributed by atoms with Crippen molar-refractivity contribution in [2.75, 3.05) is 27.7 Å². The normalized spacial score (nSPS) is 14.5. The molecule has 1 aromatic rings. The van der Waals surface area contributed by atoms with Crippen molar-refractivity contribution in [3.63, 3.8) is 0 Å². The van der Waals surface area contributed by atoms with Gasteiger partial charge in [0.05, 0.1) is 7.11 Å². The number of methoxy groups -OCH3 is 1. The van der Waals surface area contributed by atoms with Crippen LogP contribution in [0.4, 0.5) is 4.39 Å². The Bertz CT molecular complexity index is 435. The molecule has 0 saturated heterocycles. The van der Waals surface area contributed by atoms with E-state index in [4.69, 9.17) is 4.74 Å². The van der Waals surface area contributed by atoms with Gasteiger partial charge in [-0.05, 0) is 39.4 Å². The Morgan fingerprint density at radius 1 is 1.24 bits per heavy atom. The van der Waals surface area contributed by atoms with Gasteiger partial charge in [0.15, 0.2) is 0 Å². The highest BCUT2D eigenvalue weighted by Crippen LogP contribution is 2.22. The molecule has 0 amide bonds. The molecule has 0 radical (unpaired) electrons. The van der Waals surface area contributed by atoms with Crippen molar-refractivity contribution in [1.29, 1.82) is 0 Å². The molecule has 0 aliphatic rings. The van der Waals surface area contributed by atoms with Crippen molar-refractivity contribution in [2.45, 2.75) is 39.3 Å². The quantitative estimate of drug-likeness (QED) is 0.795. The number of ether oxygens (including phenoxy) is 1. The van der Waals surface area contributed by atoms with Crippen LogP contribution >= 0.6 is 0 Å². The van der Waals surface area contributed by atoms with Crippen LogP contribution in [0.25, 0.3) is 0 Å². The van der Waals surface area contributed by atoms with E-state index in [0.717, 1.165) is 13.0 Å². The van der Waals surface area contributed by atoms with Gasteiger partial charge in [0.25, 0.3) is 0 Å². The minimum atomic E-state index is -0.223. The van der Waals surface area contributed by atoms with E-state index in [0.29, 0.717) is 23.3 Å². The molecular weight excluding hydrogens is 267 g/mol. The highest BCUT2D eigenvalue weighted by molar-refractivity contribution is 5.30. The van der Waals surface area contributed by atoms with Crippen LogP contribution in [0, 0.1) is 11.7 Å². The van der Waals surface area contributed by atoms with E-state index < -0.39 is 0 Å². The van der Waals surface area contributed by atoms with E-state index in [-0.39, 0.29) is 11.9 Å². The second-order valence-electron chi connectivity index (χ2n) is 6.26. The van der Waals surface area contributed by atoms with Crippen molar-refractivity contribution < 1.29 is 9.13 Å². The number of nitrogens with zero attached hydrogens (tertiary/aromatic N) is 1. The predicted molar refractivity (Wildman–Crippen MR) is 86.3 cm³/mol. The third-order valence-electron chi connectivity index (χ3n) is 3.81. The van der Waals surface area contributed by atoms with Gasteiger partial charge < -0.3 is 15.0 Å². The molecule has 0 aromatic heterocycles. The Labute approximate surface area is 128 Å². The van der Waals surface area contributed by atoms with Crippen LogP contribution in [0.5, 0.6) is 5.75 Å². The van der Waals surface area contributed by atoms with Crippen LogP contribution in [-0.4, -0.2) is 38.7 Å². The molecule has 21 heavy (non-hydrogen) atoms. The van der Waals surface area contributed by atoms with E-state index in [1.54, 1.807) is 19.2 Å². The first-order valence-electron chi connectivity index (χ1n) is 7.58. The summed E-state index contributed by atoms with van der Waals surface area (Å²) >= 11 is 0. The summed E-state index contributed by atoms with van der Waals surface area (Å²) in [5, 5.41) is 3.44. The summed E-state index contributed by atoms with van der Waals surface area (Å²) in [6.45, 7) is 7.29. The first kappa shape index (κ1) is 17.9. The average molecular weight is 296 g/mol. The maximum absolute atomic E-state index is 14.1. The molecule has 0 fully saturated rings. The maximum atomic E-state index is 14.1. The number of halogens is 1. The van der Waals surface area contributed by atoms with Crippen molar-refractivity contribution in [3.05, 3.63) is 29.6 Å². The zero-order valence-electron chi connectivity index (χ0n) is 14.1. The summed E-state index contributed by atoms with van der Waals surface area (Å²) < 4.78 is 19.1. The van der Waals surface area contributed by atoms with Crippen molar-refractivity contribution in [3.8, 4) is 5.75 Å². The van der Waals surface area contributed by atoms with Gasteiger partial charge in [-0.1, -0.05) is 19.9 Å². The molecule has 1 aromatic carbocycles. The number of hydrogen-bond donors (Lipinski definition) is 1. The minimum absolute atomic E-state index is 0.0227. The molecule has 0 aliphatic carbocycles. The second kappa shape index (κ2) is 8.35. The van der Waals surface area contributed by atoms with E-state index >= 15 is 0 Å². The van der Waals surface area contributed by atoms with Gasteiger partial charge in [0.2, 0.25) is 0 Å². The van der Waals surface area contributed by atoms with Gasteiger partial charge in [-0.25, -0.2) is 4.39 Å². The second-order valence-corrected chi connectivity index (χ2v) is 6.26. The lowest BCUT2D eigenvalue weighted by atomic mass is 10.0. The fraction of sp³-hybridized carbons (Fsp3) is 0.647. The third-order valence-corrected chi connectivity index (χ3v) is 3.81. The molecule has 1 rings (SSSR count). The lowest BCUT2D eigenvalue weighted by molar-refractivity contribution is 0.241. The standard InChI is InChI=1S/C17H29FN2O/c1-12(2)9-14(20(4)5)11-19-13(3)16-8-7-15(21-6)10-17(16)18/h7-8,10,12-14,19H,9,11H2,1-6H3. The zero-order valence-corrected chi connectivity index (χ0v) is 14.1. The van der Waals surface area contributed by atoms with Gasteiger partial charge in [-0.15, -0.1) is 0 Å². The number of likely N-dealkylation sites (N-methyl/N-ethyl adjacent to an activating group) is 1. The molecule has 1 N–H and O–H groups in total. The molecule has 2 unspecified atom stereocenters. The lowest BCUT2D eigenvalue weighted by Gasteiger charge is -2.28. The monoisotopic (exact) mass is 296 g/mol. The van der Waals surface area contributed by atoms with Crippen LogP contribution in [-0.2, 0) is 0 Å². The summed E-state index contributed by atoms with van der Waals surface area (Å²) in [5.41, 5.74) is 0.679. The minimum Gasteiger partial charge on any atom is -0.497 e. The summed E-state index contributed by atoms with van der Waals surface area (Å²) in [4.78, 5) is 2.23. The van der Waals surface area contributed by atoms with Gasteiger partial charge >= 0.3 is 0 Å². The Hall–Kier alpha value is -1.13. The number of benzene rings is 1. The van der Waals surface area contributed by atoms with E-state index in [2.05, 4.69) is 38.2 Å². The van der Waals surface area contributed by atoms with Gasteiger partial charge in [0.1, 0.15) is 11.6 Å². The molecule has 4 heteroatoms. The van der Waals surface area contributed by atoms with Crippen molar-refractivity contribution >= 4 is 0 Å². The topological polar surface area (TPSA) is 24.5 Å². The van der Waals surface area contributed by atoms with Gasteiger partial charge in [-0.2, -0.15) is 0 Å². The Balaban J connectivity index is 2.65. The van der Waals surface area contributed by atoms with Crippen molar-refractivity contribution in [1.82, 2.24) is 10.2 Å². The van der Waals surface area contributed by atoms with E-state index in [1.165, 1.54) is 6.07 Å². The first-order valence-corrected chi connectivity index (χ1v) is 7.58. The SMILES string of the molecule is COc1ccc(C(C)NCC(CC(C)C)N(C)C)c(F)c1. The smallest absolute Gasteiger partial charge is 0.131 e. The number of rotatable bonds is 8. The van der Waals surface area contributed by atoms with E-state index in [1.807, 2.05) is 6.92 Å². The highest BCUT2D eigenvalue weighted by Gasteiger charge is 2.16. The number of hydrogen-bond acceptors (Lipinski definition) is 3. The molecule has 0 saturated carbocycles. The zero-order chi connectivity index (χ0) is 16.0. The molecule has 2 atom stereocenters. The average Bonchev–Trinajstić information content (AvgIpc) is 2.42. The first-order chi connectivity index (χ1) is 9.85. The van der Waals surface area contributed by atoms with Gasteiger partial charge in [-0.3, -0.25) is 0 Å². The Kier molecular flexibility index (Phi) is 7.12. The van der Waals surface area contributed by atoms with Crippen molar-refractivity contribution in [2.24, 2.45) is 5.92 Å². The summed E-state index contributed by atoms with van der Waals surface area (Å²) in [7, 11) is 5.73. The summed E-state index contributed by atoms with van der Waals surface area (Å²) in [6.07, 6.45) is 1.12. The molecule has 0 aliphatic heterocycles. The largest absolute Gasteiger partial charge is 0.497 e. The molecule has 120 valence electrons. The number of nitrogens with one attached hydrogen (secondary N) is 1. The fourth-order valence-corrected chi connectivity index (χ4v) is 2.43. The summed E-state index contributed by atoms with van der Waals surface area (Å²) in [6, 6.07) is 5.46. The molecule has 3 nitrogen and oxygen atoms in total.